The smallest absolute Gasteiger partial charge is 0.250 e. The third-order valence-corrected chi connectivity index (χ3v) is 4.02. The Labute approximate surface area is 134 Å². The summed E-state index contributed by atoms with van der Waals surface area (Å²) in [6, 6.07) is 7.31. The lowest BCUT2D eigenvalue weighted by Gasteiger charge is -2.11. The Morgan fingerprint density at radius 2 is 1.90 bits per heavy atom. The van der Waals surface area contributed by atoms with Gasteiger partial charge in [0, 0.05) is 25.9 Å². The van der Waals surface area contributed by atoms with Gasteiger partial charge < -0.3 is 14.6 Å². The van der Waals surface area contributed by atoms with Gasteiger partial charge in [0.15, 0.2) is 0 Å². The van der Waals surface area contributed by atoms with Crippen LogP contribution >= 0.6 is 31.9 Å². The Morgan fingerprint density at radius 3 is 2.45 bits per heavy atom. The average Bonchev–Trinajstić information content (AvgIpc) is 2.40. The average molecular weight is 402 g/mol. The van der Waals surface area contributed by atoms with E-state index in [0.29, 0.717) is 6.54 Å². The molecule has 106 valence electrons. The fourth-order valence-electron chi connectivity index (χ4n) is 1.81. The molecule has 1 aromatic heterocycles. The third-order valence-electron chi connectivity index (χ3n) is 2.84. The Hall–Kier alpha value is -1.27. The number of benzene rings is 1. The summed E-state index contributed by atoms with van der Waals surface area (Å²) in [4.78, 5) is 11.3. The van der Waals surface area contributed by atoms with Crippen LogP contribution in [0.4, 0.5) is 5.69 Å². The quantitative estimate of drug-likeness (QED) is 0.852. The van der Waals surface area contributed by atoms with Crippen LogP contribution in [0.2, 0.25) is 0 Å². The van der Waals surface area contributed by atoms with E-state index in [1.165, 1.54) is 0 Å². The van der Waals surface area contributed by atoms with Gasteiger partial charge in [-0.15, -0.1) is 0 Å². The number of rotatable bonds is 4. The van der Waals surface area contributed by atoms with E-state index in [2.05, 4.69) is 37.2 Å². The number of nitrogens with one attached hydrogen (secondary N) is 1. The highest BCUT2D eigenvalue weighted by Gasteiger charge is 2.07. The van der Waals surface area contributed by atoms with Crippen molar-refractivity contribution >= 4 is 37.5 Å². The molecule has 0 amide bonds. The summed E-state index contributed by atoms with van der Waals surface area (Å²) in [5.74, 6) is 0.774. The Morgan fingerprint density at radius 1 is 1.25 bits per heavy atom. The minimum Gasteiger partial charge on any atom is -0.494 e. The van der Waals surface area contributed by atoms with Crippen molar-refractivity contribution in [1.29, 1.82) is 0 Å². The van der Waals surface area contributed by atoms with Crippen molar-refractivity contribution in [2.24, 2.45) is 7.05 Å². The molecule has 2 rings (SSSR count). The van der Waals surface area contributed by atoms with E-state index < -0.39 is 0 Å². The molecule has 1 heterocycles. The van der Waals surface area contributed by atoms with Gasteiger partial charge in [-0.25, -0.2) is 0 Å². The van der Waals surface area contributed by atoms with E-state index in [1.807, 2.05) is 12.1 Å². The molecule has 0 saturated heterocycles. The number of nitrogens with zero attached hydrogens (tertiary/aromatic N) is 1. The summed E-state index contributed by atoms with van der Waals surface area (Å²) in [5.41, 5.74) is 1.97. The minimum absolute atomic E-state index is 0.0227. The van der Waals surface area contributed by atoms with E-state index in [-0.39, 0.29) is 5.56 Å². The van der Waals surface area contributed by atoms with Crippen molar-refractivity contribution in [1.82, 2.24) is 4.57 Å². The molecule has 2 aromatic rings. The number of hydrogen-bond acceptors (Lipinski definition) is 3. The molecule has 0 spiro atoms. The number of pyridine rings is 1. The monoisotopic (exact) mass is 400 g/mol. The molecular formula is C14H14Br2N2O2. The zero-order valence-electron chi connectivity index (χ0n) is 11.1. The van der Waals surface area contributed by atoms with Crippen LogP contribution in [-0.2, 0) is 13.6 Å². The summed E-state index contributed by atoms with van der Waals surface area (Å²) in [6.45, 7) is 0.652. The summed E-state index contributed by atoms with van der Waals surface area (Å²) in [6.07, 6.45) is 1.77. The van der Waals surface area contributed by atoms with Gasteiger partial charge in [0.25, 0.3) is 0 Å². The van der Waals surface area contributed by atoms with Crippen molar-refractivity contribution in [2.75, 3.05) is 12.4 Å². The maximum Gasteiger partial charge on any atom is 0.250 e. The summed E-state index contributed by atoms with van der Waals surface area (Å²) < 4.78 is 8.60. The standard InChI is InChI=1S/C14H14Br2N2O2/c1-18-8-10(3-4-13(18)19)17-7-9-5-11(15)14(20-2)12(16)6-9/h3-6,8,17H,7H2,1-2H3. The van der Waals surface area contributed by atoms with Crippen molar-refractivity contribution in [3.05, 3.63) is 55.3 Å². The van der Waals surface area contributed by atoms with Crippen molar-refractivity contribution in [2.45, 2.75) is 6.54 Å². The molecule has 0 saturated carbocycles. The predicted molar refractivity (Wildman–Crippen MR) is 87.4 cm³/mol. The van der Waals surface area contributed by atoms with E-state index in [9.17, 15) is 4.79 Å². The molecule has 1 aromatic carbocycles. The number of methoxy groups -OCH3 is 1. The number of hydrogen-bond donors (Lipinski definition) is 1. The molecule has 0 bridgehead atoms. The molecule has 0 atom stereocenters. The van der Waals surface area contributed by atoms with Crippen LogP contribution in [0.3, 0.4) is 0 Å². The first-order valence-corrected chi connectivity index (χ1v) is 7.52. The van der Waals surface area contributed by atoms with Crippen molar-refractivity contribution in [3.8, 4) is 5.75 Å². The maximum absolute atomic E-state index is 11.3. The zero-order valence-corrected chi connectivity index (χ0v) is 14.3. The minimum atomic E-state index is -0.0227. The number of aromatic nitrogens is 1. The van der Waals surface area contributed by atoms with Crippen LogP contribution in [0.15, 0.2) is 44.2 Å². The van der Waals surface area contributed by atoms with Crippen LogP contribution < -0.4 is 15.6 Å². The fraction of sp³-hybridized carbons (Fsp3) is 0.214. The molecule has 0 aliphatic rings. The van der Waals surface area contributed by atoms with Crippen LogP contribution in [0.1, 0.15) is 5.56 Å². The normalized spacial score (nSPS) is 10.4. The van der Waals surface area contributed by atoms with E-state index in [0.717, 1.165) is 25.9 Å². The lowest BCUT2D eigenvalue weighted by Crippen LogP contribution is -2.15. The lowest BCUT2D eigenvalue weighted by molar-refractivity contribution is 0.409. The van der Waals surface area contributed by atoms with Gasteiger partial charge in [0.05, 0.1) is 21.7 Å². The maximum atomic E-state index is 11.3. The Bertz CT molecular complexity index is 660. The second-order valence-corrected chi connectivity index (χ2v) is 6.02. The zero-order chi connectivity index (χ0) is 14.7. The second-order valence-electron chi connectivity index (χ2n) is 4.31. The fourth-order valence-corrected chi connectivity index (χ4v) is 3.42. The predicted octanol–water partition coefficient (Wildman–Crippen LogP) is 3.53. The largest absolute Gasteiger partial charge is 0.494 e. The van der Waals surface area contributed by atoms with Gasteiger partial charge in [-0.05, 0) is 55.6 Å². The number of anilines is 1. The summed E-state index contributed by atoms with van der Waals surface area (Å²) in [5, 5.41) is 3.28. The topological polar surface area (TPSA) is 43.3 Å². The first-order chi connectivity index (χ1) is 9.51. The van der Waals surface area contributed by atoms with Crippen LogP contribution in [0.5, 0.6) is 5.75 Å². The van der Waals surface area contributed by atoms with Crippen molar-refractivity contribution in [3.63, 3.8) is 0 Å². The number of ether oxygens (including phenoxy) is 1. The molecular weight excluding hydrogens is 388 g/mol. The third kappa shape index (κ3) is 3.43. The molecule has 6 heteroatoms. The second kappa shape index (κ2) is 6.45. The highest BCUT2D eigenvalue weighted by Crippen LogP contribution is 2.34. The summed E-state index contributed by atoms with van der Waals surface area (Å²) >= 11 is 6.95. The van der Waals surface area contributed by atoms with Gasteiger partial charge in [-0.2, -0.15) is 0 Å². The molecule has 0 aliphatic heterocycles. The molecule has 0 aliphatic carbocycles. The molecule has 1 N–H and O–H groups in total. The molecule has 0 unspecified atom stereocenters. The van der Waals surface area contributed by atoms with Crippen LogP contribution in [-0.4, -0.2) is 11.7 Å². The Balaban J connectivity index is 2.14. The number of aryl methyl sites for hydroxylation is 1. The van der Waals surface area contributed by atoms with Crippen LogP contribution in [0, 0.1) is 0 Å². The van der Waals surface area contributed by atoms with Crippen LogP contribution in [0.25, 0.3) is 0 Å². The van der Waals surface area contributed by atoms with Gasteiger partial charge in [0.2, 0.25) is 5.56 Å². The molecule has 0 fully saturated rings. The number of halogens is 2. The SMILES string of the molecule is COc1c(Br)cc(CNc2ccc(=O)n(C)c2)cc1Br. The van der Waals surface area contributed by atoms with E-state index in [4.69, 9.17) is 4.74 Å². The van der Waals surface area contributed by atoms with Gasteiger partial charge in [0.1, 0.15) is 5.75 Å². The highest BCUT2D eigenvalue weighted by atomic mass is 79.9. The van der Waals surface area contributed by atoms with E-state index >= 15 is 0 Å². The van der Waals surface area contributed by atoms with Gasteiger partial charge in [-0.3, -0.25) is 4.79 Å². The van der Waals surface area contributed by atoms with E-state index in [1.54, 1.807) is 37.1 Å². The first-order valence-electron chi connectivity index (χ1n) is 5.93. The molecule has 4 nitrogen and oxygen atoms in total. The van der Waals surface area contributed by atoms with Gasteiger partial charge >= 0.3 is 0 Å². The summed E-state index contributed by atoms with van der Waals surface area (Å²) in [7, 11) is 3.36. The van der Waals surface area contributed by atoms with Crippen molar-refractivity contribution < 1.29 is 4.74 Å². The highest BCUT2D eigenvalue weighted by molar-refractivity contribution is 9.11. The first kappa shape index (κ1) is 15.1. The lowest BCUT2D eigenvalue weighted by atomic mass is 10.2. The Kier molecular flexibility index (Phi) is 4.88. The molecule has 20 heavy (non-hydrogen) atoms. The molecule has 0 radical (unpaired) electrons. The van der Waals surface area contributed by atoms with Gasteiger partial charge in [-0.1, -0.05) is 0 Å².